The second-order valence-corrected chi connectivity index (χ2v) is 7.23. The Kier molecular flexibility index (Phi) is 13.1. The molecule has 1 fully saturated rings. The monoisotopic (exact) mass is 518 g/mol. The highest BCUT2D eigenvalue weighted by atomic mass is 127. The third-order valence-electron chi connectivity index (χ3n) is 5.05. The van der Waals surface area contributed by atoms with Gasteiger partial charge in [0, 0.05) is 25.7 Å². The van der Waals surface area contributed by atoms with Crippen molar-refractivity contribution in [3.63, 3.8) is 0 Å². The Morgan fingerprint density at radius 3 is 2.55 bits per heavy atom. The molecule has 0 atom stereocenters. The number of rotatable bonds is 10. The summed E-state index contributed by atoms with van der Waals surface area (Å²) in [5, 5.41) is 7.00. The number of methoxy groups -OCH3 is 1. The highest BCUT2D eigenvalue weighted by Gasteiger charge is 2.19. The average molecular weight is 518 g/mol. The van der Waals surface area contributed by atoms with Crippen molar-refractivity contribution in [2.75, 3.05) is 39.9 Å². The van der Waals surface area contributed by atoms with E-state index in [-0.39, 0.29) is 24.0 Å². The zero-order valence-electron chi connectivity index (χ0n) is 18.5. The Labute approximate surface area is 193 Å². The van der Waals surface area contributed by atoms with Crippen LogP contribution in [0.5, 0.6) is 11.5 Å². The van der Waals surface area contributed by atoms with Gasteiger partial charge in [0.05, 0.1) is 20.3 Å². The van der Waals surface area contributed by atoms with E-state index in [1.54, 1.807) is 7.11 Å². The average Bonchev–Trinajstić information content (AvgIpc) is 2.72. The van der Waals surface area contributed by atoms with Crippen molar-refractivity contribution in [1.82, 2.24) is 15.5 Å². The van der Waals surface area contributed by atoms with Gasteiger partial charge in [0.2, 0.25) is 0 Å². The van der Waals surface area contributed by atoms with Gasteiger partial charge in [0.15, 0.2) is 17.5 Å². The first-order valence-electron chi connectivity index (χ1n) is 10.8. The zero-order valence-corrected chi connectivity index (χ0v) is 20.8. The molecule has 2 N–H and O–H groups in total. The van der Waals surface area contributed by atoms with E-state index in [0.29, 0.717) is 19.2 Å². The van der Waals surface area contributed by atoms with E-state index in [0.717, 1.165) is 29.6 Å². The van der Waals surface area contributed by atoms with Crippen LogP contribution in [-0.4, -0.2) is 56.8 Å². The number of guanidine groups is 1. The van der Waals surface area contributed by atoms with E-state index >= 15 is 0 Å². The number of likely N-dealkylation sites (tertiary alicyclic amines) is 1. The molecule has 6 nitrogen and oxygen atoms in total. The number of benzene rings is 1. The Hall–Kier alpha value is -1.22. The summed E-state index contributed by atoms with van der Waals surface area (Å²) in [7, 11) is 1.66. The first kappa shape index (κ1) is 25.8. The van der Waals surface area contributed by atoms with Crippen LogP contribution in [-0.2, 0) is 6.54 Å². The zero-order chi connectivity index (χ0) is 20.2. The topological polar surface area (TPSA) is 58.1 Å². The molecule has 2 rings (SSSR count). The summed E-state index contributed by atoms with van der Waals surface area (Å²) in [4.78, 5) is 7.37. The van der Waals surface area contributed by atoms with Crippen LogP contribution in [0.15, 0.2) is 23.2 Å². The number of halogens is 1. The van der Waals surface area contributed by atoms with E-state index in [2.05, 4.69) is 29.4 Å². The number of unbranched alkanes of at least 4 members (excludes halogenated alkanes) is 1. The highest BCUT2D eigenvalue weighted by molar-refractivity contribution is 14.0. The van der Waals surface area contributed by atoms with Crippen LogP contribution in [0.2, 0.25) is 0 Å². The van der Waals surface area contributed by atoms with Gasteiger partial charge >= 0.3 is 0 Å². The van der Waals surface area contributed by atoms with Crippen molar-refractivity contribution < 1.29 is 9.47 Å². The van der Waals surface area contributed by atoms with Gasteiger partial charge in [0.25, 0.3) is 0 Å². The molecular formula is C22H39IN4O2. The van der Waals surface area contributed by atoms with Gasteiger partial charge in [-0.25, -0.2) is 4.99 Å². The van der Waals surface area contributed by atoms with Gasteiger partial charge in [-0.2, -0.15) is 0 Å². The molecule has 29 heavy (non-hydrogen) atoms. The molecule has 1 aliphatic rings. The number of piperidine rings is 1. The van der Waals surface area contributed by atoms with Gasteiger partial charge < -0.3 is 25.0 Å². The quantitative estimate of drug-likeness (QED) is 0.278. The first-order valence-corrected chi connectivity index (χ1v) is 10.8. The number of hydrogen-bond acceptors (Lipinski definition) is 4. The lowest BCUT2D eigenvalue weighted by Crippen LogP contribution is -2.48. The standard InChI is InChI=1S/C22H38N4O2.HI/c1-5-8-13-26-14-11-19(12-15-26)25-22(23-6-2)24-17-18-9-10-20(27-4)21(16-18)28-7-3;/h9-10,16,19H,5-8,11-15,17H2,1-4H3,(H2,23,24,25);1H. The first-order chi connectivity index (χ1) is 13.7. The molecule has 0 unspecified atom stereocenters. The van der Waals surface area contributed by atoms with Gasteiger partial charge in [-0.15, -0.1) is 24.0 Å². The third kappa shape index (κ3) is 8.99. The minimum Gasteiger partial charge on any atom is -0.493 e. The molecule has 0 aliphatic carbocycles. The molecule has 0 bridgehead atoms. The summed E-state index contributed by atoms with van der Waals surface area (Å²) in [6.07, 6.45) is 4.91. The maximum Gasteiger partial charge on any atom is 0.191 e. The fourth-order valence-electron chi connectivity index (χ4n) is 3.45. The number of ether oxygens (including phenoxy) is 2. The van der Waals surface area contributed by atoms with Crippen LogP contribution >= 0.6 is 24.0 Å². The third-order valence-corrected chi connectivity index (χ3v) is 5.05. The predicted molar refractivity (Wildman–Crippen MR) is 132 cm³/mol. The van der Waals surface area contributed by atoms with E-state index in [1.807, 2.05) is 25.1 Å². The summed E-state index contributed by atoms with van der Waals surface area (Å²) < 4.78 is 11.0. The summed E-state index contributed by atoms with van der Waals surface area (Å²) in [5.74, 6) is 2.42. The molecule has 1 saturated heterocycles. The fraction of sp³-hybridized carbons (Fsp3) is 0.682. The Bertz CT molecular complexity index is 604. The van der Waals surface area contributed by atoms with Crippen molar-refractivity contribution >= 4 is 29.9 Å². The molecule has 1 aliphatic heterocycles. The number of nitrogens with zero attached hydrogens (tertiary/aromatic N) is 2. The molecule has 1 aromatic carbocycles. The number of hydrogen-bond donors (Lipinski definition) is 2. The van der Waals surface area contributed by atoms with Crippen molar-refractivity contribution in [2.24, 2.45) is 4.99 Å². The normalized spacial score (nSPS) is 15.5. The summed E-state index contributed by atoms with van der Waals surface area (Å²) >= 11 is 0. The van der Waals surface area contributed by atoms with E-state index in [1.165, 1.54) is 45.3 Å². The summed E-state index contributed by atoms with van der Waals surface area (Å²) in [6.45, 7) is 12.0. The molecule has 0 amide bonds. The van der Waals surface area contributed by atoms with Crippen molar-refractivity contribution in [3.05, 3.63) is 23.8 Å². The van der Waals surface area contributed by atoms with E-state index in [9.17, 15) is 0 Å². The van der Waals surface area contributed by atoms with Crippen LogP contribution < -0.4 is 20.1 Å². The minimum absolute atomic E-state index is 0. The van der Waals surface area contributed by atoms with Crippen molar-refractivity contribution in [1.29, 1.82) is 0 Å². The molecule has 0 aromatic heterocycles. The van der Waals surface area contributed by atoms with Gasteiger partial charge in [-0.3, -0.25) is 0 Å². The maximum absolute atomic E-state index is 5.67. The Balaban J connectivity index is 0.00000420. The number of nitrogens with one attached hydrogen (secondary N) is 2. The van der Waals surface area contributed by atoms with Gasteiger partial charge in [0.1, 0.15) is 0 Å². The number of aliphatic imine (C=N–C) groups is 1. The minimum atomic E-state index is 0. The van der Waals surface area contributed by atoms with E-state index < -0.39 is 0 Å². The fourth-order valence-corrected chi connectivity index (χ4v) is 3.45. The second-order valence-electron chi connectivity index (χ2n) is 7.23. The molecule has 1 aromatic rings. The Morgan fingerprint density at radius 2 is 1.93 bits per heavy atom. The smallest absolute Gasteiger partial charge is 0.191 e. The molecule has 166 valence electrons. The largest absolute Gasteiger partial charge is 0.493 e. The molecule has 1 heterocycles. The van der Waals surface area contributed by atoms with Crippen molar-refractivity contribution in [2.45, 2.75) is 59.0 Å². The molecule has 0 saturated carbocycles. The van der Waals surface area contributed by atoms with Crippen molar-refractivity contribution in [3.8, 4) is 11.5 Å². The van der Waals surface area contributed by atoms with Crippen LogP contribution in [0.1, 0.15) is 52.0 Å². The van der Waals surface area contributed by atoms with E-state index in [4.69, 9.17) is 14.5 Å². The van der Waals surface area contributed by atoms with Crippen LogP contribution in [0.3, 0.4) is 0 Å². The summed E-state index contributed by atoms with van der Waals surface area (Å²) in [6, 6.07) is 6.50. The molecular weight excluding hydrogens is 479 g/mol. The van der Waals surface area contributed by atoms with Crippen LogP contribution in [0, 0.1) is 0 Å². The van der Waals surface area contributed by atoms with Gasteiger partial charge in [-0.05, 0) is 57.4 Å². The SMILES string of the molecule is CCCCN1CCC(NC(=NCc2ccc(OC)c(OCC)c2)NCC)CC1.I. The molecule has 7 heteroatoms. The molecule has 0 spiro atoms. The Morgan fingerprint density at radius 1 is 1.17 bits per heavy atom. The maximum atomic E-state index is 5.67. The van der Waals surface area contributed by atoms with Crippen LogP contribution in [0.4, 0.5) is 0 Å². The van der Waals surface area contributed by atoms with Gasteiger partial charge in [-0.1, -0.05) is 19.4 Å². The molecule has 0 radical (unpaired) electrons. The lowest BCUT2D eigenvalue weighted by Gasteiger charge is -2.33. The lowest BCUT2D eigenvalue weighted by atomic mass is 10.0. The lowest BCUT2D eigenvalue weighted by molar-refractivity contribution is 0.203. The van der Waals surface area contributed by atoms with Crippen LogP contribution in [0.25, 0.3) is 0 Å². The predicted octanol–water partition coefficient (Wildman–Crippen LogP) is 4.03. The second kappa shape index (κ2) is 14.7. The highest BCUT2D eigenvalue weighted by Crippen LogP contribution is 2.28. The summed E-state index contributed by atoms with van der Waals surface area (Å²) in [5.41, 5.74) is 1.11.